The molecule has 0 amide bonds. The molecule has 0 spiro atoms. The number of aromatic nitrogens is 1. The zero-order chi connectivity index (χ0) is 10.9. The lowest BCUT2D eigenvalue weighted by molar-refractivity contribution is 0.525. The summed E-state index contributed by atoms with van der Waals surface area (Å²) in [5.74, 6) is 0. The molecule has 0 saturated heterocycles. The molecular formula is C11H14N2OS. The molecule has 2 rings (SSSR count). The van der Waals surface area contributed by atoms with Gasteiger partial charge in [0.05, 0.1) is 12.0 Å². The minimum Gasteiger partial charge on any atom is -0.472 e. The van der Waals surface area contributed by atoms with Gasteiger partial charge < -0.3 is 10.2 Å². The zero-order valence-electron chi connectivity index (χ0n) is 8.86. The molecular weight excluding hydrogens is 208 g/mol. The van der Waals surface area contributed by atoms with Gasteiger partial charge in [0.25, 0.3) is 0 Å². The highest BCUT2D eigenvalue weighted by atomic mass is 32.1. The molecule has 0 aliphatic rings. The van der Waals surface area contributed by atoms with Gasteiger partial charge in [0, 0.05) is 22.9 Å². The van der Waals surface area contributed by atoms with Crippen LogP contribution in [0.4, 0.5) is 0 Å². The molecule has 2 aromatic heterocycles. The van der Waals surface area contributed by atoms with Crippen LogP contribution in [-0.2, 0) is 5.41 Å². The van der Waals surface area contributed by atoms with Crippen LogP contribution in [0.25, 0.3) is 10.6 Å². The minimum absolute atomic E-state index is 0.0571. The Morgan fingerprint density at radius 2 is 2.33 bits per heavy atom. The number of furan rings is 1. The van der Waals surface area contributed by atoms with Gasteiger partial charge in [-0.25, -0.2) is 4.98 Å². The van der Waals surface area contributed by atoms with Crippen LogP contribution in [0.3, 0.4) is 0 Å². The largest absolute Gasteiger partial charge is 0.472 e. The standard InChI is InChI=1S/C11H14N2OS/c1-11(2,7-12)9-6-15-10(13-9)8-3-4-14-5-8/h3-6H,7,12H2,1-2H3. The van der Waals surface area contributed by atoms with E-state index in [9.17, 15) is 0 Å². The molecule has 3 nitrogen and oxygen atoms in total. The minimum atomic E-state index is -0.0571. The van der Waals surface area contributed by atoms with E-state index in [4.69, 9.17) is 10.2 Å². The summed E-state index contributed by atoms with van der Waals surface area (Å²) >= 11 is 1.62. The van der Waals surface area contributed by atoms with Gasteiger partial charge in [-0.05, 0) is 6.07 Å². The second-order valence-electron chi connectivity index (χ2n) is 4.14. The normalized spacial score (nSPS) is 11.9. The topological polar surface area (TPSA) is 52.0 Å². The molecule has 0 radical (unpaired) electrons. The van der Waals surface area contributed by atoms with Crippen LogP contribution in [0.2, 0.25) is 0 Å². The van der Waals surface area contributed by atoms with Gasteiger partial charge in [0.1, 0.15) is 11.3 Å². The summed E-state index contributed by atoms with van der Waals surface area (Å²) in [5.41, 5.74) is 7.73. The van der Waals surface area contributed by atoms with E-state index in [0.717, 1.165) is 16.3 Å². The second kappa shape index (κ2) is 3.79. The molecule has 0 aliphatic carbocycles. The molecule has 15 heavy (non-hydrogen) atoms. The third-order valence-corrected chi connectivity index (χ3v) is 3.37. The zero-order valence-corrected chi connectivity index (χ0v) is 9.67. The molecule has 0 saturated carbocycles. The number of nitrogens with two attached hydrogens (primary N) is 1. The Labute approximate surface area is 92.9 Å². The monoisotopic (exact) mass is 222 g/mol. The highest BCUT2D eigenvalue weighted by molar-refractivity contribution is 7.13. The van der Waals surface area contributed by atoms with Gasteiger partial charge in [-0.1, -0.05) is 13.8 Å². The van der Waals surface area contributed by atoms with E-state index in [1.807, 2.05) is 6.07 Å². The summed E-state index contributed by atoms with van der Waals surface area (Å²) in [7, 11) is 0. The van der Waals surface area contributed by atoms with E-state index < -0.39 is 0 Å². The van der Waals surface area contributed by atoms with Gasteiger partial charge in [-0.15, -0.1) is 11.3 Å². The predicted molar refractivity (Wildman–Crippen MR) is 61.9 cm³/mol. The first-order valence-corrected chi connectivity index (χ1v) is 5.70. The molecule has 0 fully saturated rings. The first-order chi connectivity index (χ1) is 7.13. The fraction of sp³-hybridized carbons (Fsp3) is 0.364. The Kier molecular flexibility index (Phi) is 2.63. The van der Waals surface area contributed by atoms with Gasteiger partial charge >= 0.3 is 0 Å². The number of hydrogen-bond acceptors (Lipinski definition) is 4. The van der Waals surface area contributed by atoms with Crippen molar-refractivity contribution in [3.63, 3.8) is 0 Å². The molecule has 2 N–H and O–H groups in total. The molecule has 2 heterocycles. The first kappa shape index (κ1) is 10.4. The van der Waals surface area contributed by atoms with Crippen molar-refractivity contribution in [1.82, 2.24) is 4.98 Å². The lowest BCUT2D eigenvalue weighted by Gasteiger charge is -2.19. The quantitative estimate of drug-likeness (QED) is 0.868. The van der Waals surface area contributed by atoms with Crippen molar-refractivity contribution < 1.29 is 4.42 Å². The highest BCUT2D eigenvalue weighted by Crippen LogP contribution is 2.29. The van der Waals surface area contributed by atoms with E-state index >= 15 is 0 Å². The molecule has 0 aromatic carbocycles. The third-order valence-electron chi connectivity index (χ3n) is 2.48. The van der Waals surface area contributed by atoms with Crippen molar-refractivity contribution in [2.75, 3.05) is 6.54 Å². The molecule has 0 aliphatic heterocycles. The van der Waals surface area contributed by atoms with Crippen LogP contribution in [0.5, 0.6) is 0 Å². The van der Waals surface area contributed by atoms with Crippen molar-refractivity contribution in [3.05, 3.63) is 29.7 Å². The van der Waals surface area contributed by atoms with Crippen LogP contribution in [-0.4, -0.2) is 11.5 Å². The maximum Gasteiger partial charge on any atom is 0.126 e. The van der Waals surface area contributed by atoms with Gasteiger partial charge in [-0.2, -0.15) is 0 Å². The maximum absolute atomic E-state index is 5.71. The summed E-state index contributed by atoms with van der Waals surface area (Å²) < 4.78 is 5.03. The fourth-order valence-corrected chi connectivity index (χ4v) is 2.21. The van der Waals surface area contributed by atoms with E-state index in [1.165, 1.54) is 0 Å². The summed E-state index contributed by atoms with van der Waals surface area (Å²) in [6, 6.07) is 1.91. The summed E-state index contributed by atoms with van der Waals surface area (Å²) in [6.07, 6.45) is 3.36. The van der Waals surface area contributed by atoms with E-state index in [-0.39, 0.29) is 5.41 Å². The lowest BCUT2D eigenvalue weighted by Crippen LogP contribution is -2.28. The van der Waals surface area contributed by atoms with Crippen LogP contribution in [0, 0.1) is 0 Å². The third kappa shape index (κ3) is 1.96. The molecule has 80 valence electrons. The van der Waals surface area contributed by atoms with Crippen LogP contribution in [0.15, 0.2) is 28.4 Å². The van der Waals surface area contributed by atoms with Gasteiger partial charge in [-0.3, -0.25) is 0 Å². The lowest BCUT2D eigenvalue weighted by atomic mass is 9.90. The van der Waals surface area contributed by atoms with Crippen molar-refractivity contribution in [2.45, 2.75) is 19.3 Å². The fourth-order valence-electron chi connectivity index (χ4n) is 1.21. The van der Waals surface area contributed by atoms with Gasteiger partial charge in [0.2, 0.25) is 0 Å². The average Bonchev–Trinajstić information content (AvgIpc) is 2.88. The molecule has 0 unspecified atom stereocenters. The summed E-state index contributed by atoms with van der Waals surface area (Å²) in [5, 5.41) is 3.05. The van der Waals surface area contributed by atoms with E-state index in [2.05, 4.69) is 24.2 Å². The summed E-state index contributed by atoms with van der Waals surface area (Å²) in [4.78, 5) is 4.57. The van der Waals surface area contributed by atoms with Gasteiger partial charge in [0.15, 0.2) is 0 Å². The smallest absolute Gasteiger partial charge is 0.126 e. The Bertz CT molecular complexity index is 431. The number of rotatable bonds is 3. The Balaban J connectivity index is 2.33. The van der Waals surface area contributed by atoms with Crippen molar-refractivity contribution >= 4 is 11.3 Å². The Morgan fingerprint density at radius 1 is 1.53 bits per heavy atom. The number of hydrogen-bond donors (Lipinski definition) is 1. The Morgan fingerprint density at radius 3 is 2.93 bits per heavy atom. The first-order valence-electron chi connectivity index (χ1n) is 4.82. The second-order valence-corrected chi connectivity index (χ2v) is 5.00. The Hall–Kier alpha value is -1.13. The summed E-state index contributed by atoms with van der Waals surface area (Å²) in [6.45, 7) is 4.80. The highest BCUT2D eigenvalue weighted by Gasteiger charge is 2.22. The predicted octanol–water partition coefficient (Wildman–Crippen LogP) is 2.64. The average molecular weight is 222 g/mol. The molecule has 0 bridgehead atoms. The van der Waals surface area contributed by atoms with Crippen molar-refractivity contribution in [2.24, 2.45) is 5.73 Å². The molecule has 2 aromatic rings. The molecule has 4 heteroatoms. The number of nitrogens with zero attached hydrogens (tertiary/aromatic N) is 1. The van der Waals surface area contributed by atoms with E-state index in [0.29, 0.717) is 6.54 Å². The van der Waals surface area contributed by atoms with Crippen molar-refractivity contribution in [1.29, 1.82) is 0 Å². The van der Waals surface area contributed by atoms with Crippen LogP contribution < -0.4 is 5.73 Å². The molecule has 0 atom stereocenters. The SMILES string of the molecule is CC(C)(CN)c1csc(-c2ccoc2)n1. The maximum atomic E-state index is 5.71. The number of thiazole rings is 1. The van der Waals surface area contributed by atoms with Crippen LogP contribution >= 0.6 is 11.3 Å². The van der Waals surface area contributed by atoms with Crippen molar-refractivity contribution in [3.8, 4) is 10.6 Å². The van der Waals surface area contributed by atoms with E-state index in [1.54, 1.807) is 23.9 Å². The van der Waals surface area contributed by atoms with Crippen LogP contribution in [0.1, 0.15) is 19.5 Å².